The van der Waals surface area contributed by atoms with Crippen molar-refractivity contribution < 1.29 is 18.3 Å². The van der Waals surface area contributed by atoms with Crippen LogP contribution in [0.25, 0.3) is 0 Å². The monoisotopic (exact) mass is 319 g/mol. The number of benzene rings is 2. The largest absolute Gasteiger partial charge is 0.481 e. The van der Waals surface area contributed by atoms with Crippen molar-refractivity contribution >= 4 is 11.6 Å². The highest BCUT2D eigenvalue weighted by molar-refractivity contribution is 5.94. The number of anilines is 1. The van der Waals surface area contributed by atoms with E-state index in [4.69, 9.17) is 4.74 Å². The van der Waals surface area contributed by atoms with Crippen LogP contribution in [0.4, 0.5) is 14.5 Å². The summed E-state index contributed by atoms with van der Waals surface area (Å²) < 4.78 is 31.7. The Kier molecular flexibility index (Phi) is 5.68. The molecule has 0 unspecified atom stereocenters. The van der Waals surface area contributed by atoms with E-state index in [2.05, 4.69) is 12.2 Å². The molecule has 0 heterocycles. The SMILES string of the molecule is CCc1ccc(O[C@@H](CC)C(=O)Nc2ccc(F)c(F)c2)cc1. The van der Waals surface area contributed by atoms with Crippen molar-refractivity contribution in [2.75, 3.05) is 5.32 Å². The van der Waals surface area contributed by atoms with Crippen LogP contribution in [0.15, 0.2) is 42.5 Å². The zero-order valence-electron chi connectivity index (χ0n) is 13.1. The molecule has 2 rings (SSSR count). The van der Waals surface area contributed by atoms with E-state index in [1.54, 1.807) is 0 Å². The normalized spacial score (nSPS) is 11.8. The van der Waals surface area contributed by atoms with Crippen molar-refractivity contribution in [1.82, 2.24) is 0 Å². The first kappa shape index (κ1) is 16.9. The number of aryl methyl sites for hydroxylation is 1. The lowest BCUT2D eigenvalue weighted by Gasteiger charge is -2.17. The minimum atomic E-state index is -1.01. The molecule has 1 N–H and O–H groups in total. The standard InChI is InChI=1S/C18H19F2NO2/c1-3-12-5-8-14(9-6-12)23-17(4-2)18(22)21-13-7-10-15(19)16(20)11-13/h5-11,17H,3-4H2,1-2H3,(H,21,22)/t17-/m0/s1. The molecule has 0 radical (unpaired) electrons. The fourth-order valence-electron chi connectivity index (χ4n) is 2.09. The molecule has 1 atom stereocenters. The van der Waals surface area contributed by atoms with E-state index in [0.29, 0.717) is 12.2 Å². The first-order chi connectivity index (χ1) is 11.0. The minimum absolute atomic E-state index is 0.192. The quantitative estimate of drug-likeness (QED) is 0.861. The molecule has 23 heavy (non-hydrogen) atoms. The van der Waals surface area contributed by atoms with Gasteiger partial charge in [-0.1, -0.05) is 26.0 Å². The molecule has 0 aliphatic rings. The van der Waals surface area contributed by atoms with E-state index in [-0.39, 0.29) is 5.69 Å². The van der Waals surface area contributed by atoms with Crippen molar-refractivity contribution in [3.05, 3.63) is 59.7 Å². The number of hydrogen-bond donors (Lipinski definition) is 1. The van der Waals surface area contributed by atoms with E-state index in [0.717, 1.165) is 18.6 Å². The summed E-state index contributed by atoms with van der Waals surface area (Å²) in [6, 6.07) is 10.7. The fourth-order valence-corrected chi connectivity index (χ4v) is 2.09. The van der Waals surface area contributed by atoms with Gasteiger partial charge in [-0.15, -0.1) is 0 Å². The molecule has 0 fully saturated rings. The number of nitrogens with one attached hydrogen (secondary N) is 1. The van der Waals surface area contributed by atoms with Gasteiger partial charge in [0.2, 0.25) is 0 Å². The summed E-state index contributed by atoms with van der Waals surface area (Å²) >= 11 is 0. The van der Waals surface area contributed by atoms with Gasteiger partial charge in [-0.2, -0.15) is 0 Å². The van der Waals surface area contributed by atoms with Gasteiger partial charge in [-0.25, -0.2) is 8.78 Å². The molecular formula is C18H19F2NO2. The van der Waals surface area contributed by atoms with Gasteiger partial charge in [0.1, 0.15) is 5.75 Å². The lowest BCUT2D eigenvalue weighted by molar-refractivity contribution is -0.122. The Labute approximate surface area is 134 Å². The zero-order chi connectivity index (χ0) is 16.8. The Balaban J connectivity index is 2.03. The number of carbonyl (C=O) groups excluding carboxylic acids is 1. The summed E-state index contributed by atoms with van der Waals surface area (Å²) in [6.45, 7) is 3.87. The molecular weight excluding hydrogens is 300 g/mol. The number of amides is 1. The molecule has 5 heteroatoms. The van der Waals surface area contributed by atoms with Crippen molar-refractivity contribution in [1.29, 1.82) is 0 Å². The minimum Gasteiger partial charge on any atom is -0.481 e. The molecule has 0 aromatic heterocycles. The Bertz CT molecular complexity index is 671. The number of ether oxygens (including phenoxy) is 1. The Morgan fingerprint density at radius 3 is 2.35 bits per heavy atom. The van der Waals surface area contributed by atoms with Gasteiger partial charge in [0.15, 0.2) is 17.7 Å². The lowest BCUT2D eigenvalue weighted by Crippen LogP contribution is -2.32. The summed E-state index contributed by atoms with van der Waals surface area (Å²) in [7, 11) is 0. The van der Waals surface area contributed by atoms with Crippen molar-refractivity contribution in [2.45, 2.75) is 32.8 Å². The van der Waals surface area contributed by atoms with Gasteiger partial charge in [0, 0.05) is 11.8 Å². The van der Waals surface area contributed by atoms with Crippen molar-refractivity contribution in [3.8, 4) is 5.75 Å². The summed E-state index contributed by atoms with van der Waals surface area (Å²) in [5.41, 5.74) is 1.37. The predicted molar refractivity (Wildman–Crippen MR) is 85.5 cm³/mol. The molecule has 2 aromatic rings. The molecule has 0 saturated carbocycles. The predicted octanol–water partition coefficient (Wildman–Crippen LogP) is 4.32. The Morgan fingerprint density at radius 1 is 1.09 bits per heavy atom. The average molecular weight is 319 g/mol. The molecule has 0 bridgehead atoms. The second-order valence-electron chi connectivity index (χ2n) is 5.13. The highest BCUT2D eigenvalue weighted by Crippen LogP contribution is 2.18. The van der Waals surface area contributed by atoms with Crippen LogP contribution < -0.4 is 10.1 Å². The molecule has 0 saturated heterocycles. The Hall–Kier alpha value is -2.43. The maximum atomic E-state index is 13.2. The molecule has 0 aliphatic heterocycles. The van der Waals surface area contributed by atoms with Crippen LogP contribution in [-0.2, 0) is 11.2 Å². The third-order valence-electron chi connectivity index (χ3n) is 3.46. The van der Waals surface area contributed by atoms with E-state index in [1.807, 2.05) is 31.2 Å². The molecule has 3 nitrogen and oxygen atoms in total. The van der Waals surface area contributed by atoms with Gasteiger partial charge in [-0.3, -0.25) is 4.79 Å². The van der Waals surface area contributed by atoms with Crippen LogP contribution in [-0.4, -0.2) is 12.0 Å². The third-order valence-corrected chi connectivity index (χ3v) is 3.46. The van der Waals surface area contributed by atoms with E-state index in [9.17, 15) is 13.6 Å². The summed E-state index contributed by atoms with van der Waals surface area (Å²) in [5, 5.41) is 2.53. The van der Waals surface area contributed by atoms with Crippen LogP contribution in [0.3, 0.4) is 0 Å². The zero-order valence-corrected chi connectivity index (χ0v) is 13.1. The number of rotatable bonds is 6. The van der Waals surface area contributed by atoms with E-state index in [1.165, 1.54) is 11.6 Å². The van der Waals surface area contributed by atoms with Crippen molar-refractivity contribution in [2.24, 2.45) is 0 Å². The van der Waals surface area contributed by atoms with Crippen LogP contribution in [0.5, 0.6) is 5.75 Å². The first-order valence-electron chi connectivity index (χ1n) is 7.55. The second-order valence-corrected chi connectivity index (χ2v) is 5.13. The average Bonchev–Trinajstić information content (AvgIpc) is 2.56. The van der Waals surface area contributed by atoms with Crippen LogP contribution in [0.2, 0.25) is 0 Å². The maximum absolute atomic E-state index is 13.2. The van der Waals surface area contributed by atoms with Gasteiger partial charge in [0.25, 0.3) is 5.91 Å². The third kappa shape index (κ3) is 4.52. The highest BCUT2D eigenvalue weighted by Gasteiger charge is 2.19. The van der Waals surface area contributed by atoms with Crippen LogP contribution >= 0.6 is 0 Å². The molecule has 122 valence electrons. The fraction of sp³-hybridized carbons (Fsp3) is 0.278. The summed E-state index contributed by atoms with van der Waals surface area (Å²) in [5.74, 6) is -1.78. The van der Waals surface area contributed by atoms with Crippen molar-refractivity contribution in [3.63, 3.8) is 0 Å². The lowest BCUT2D eigenvalue weighted by atomic mass is 10.1. The molecule has 0 aliphatic carbocycles. The highest BCUT2D eigenvalue weighted by atomic mass is 19.2. The molecule has 0 spiro atoms. The summed E-state index contributed by atoms with van der Waals surface area (Å²) in [6.07, 6.45) is 0.662. The number of carbonyl (C=O) groups is 1. The van der Waals surface area contributed by atoms with Gasteiger partial charge >= 0.3 is 0 Å². The van der Waals surface area contributed by atoms with E-state index >= 15 is 0 Å². The Morgan fingerprint density at radius 2 is 1.78 bits per heavy atom. The van der Waals surface area contributed by atoms with Gasteiger partial charge in [0.05, 0.1) is 0 Å². The molecule has 1 amide bonds. The number of hydrogen-bond acceptors (Lipinski definition) is 2. The maximum Gasteiger partial charge on any atom is 0.265 e. The number of halogens is 2. The van der Waals surface area contributed by atoms with Gasteiger partial charge < -0.3 is 10.1 Å². The second kappa shape index (κ2) is 7.72. The topological polar surface area (TPSA) is 38.3 Å². The van der Waals surface area contributed by atoms with E-state index < -0.39 is 23.6 Å². The molecule has 2 aromatic carbocycles. The van der Waals surface area contributed by atoms with Crippen LogP contribution in [0.1, 0.15) is 25.8 Å². The smallest absolute Gasteiger partial charge is 0.265 e. The van der Waals surface area contributed by atoms with Crippen LogP contribution in [0, 0.1) is 11.6 Å². The van der Waals surface area contributed by atoms with Gasteiger partial charge in [-0.05, 0) is 42.7 Å². The summed E-state index contributed by atoms with van der Waals surface area (Å²) in [4.78, 5) is 12.2. The first-order valence-corrected chi connectivity index (χ1v) is 7.55.